The average molecular weight is 367 g/mol. The third-order valence-corrected chi connectivity index (χ3v) is 5.76. The van der Waals surface area contributed by atoms with Crippen LogP contribution in [0.25, 0.3) is 0 Å². The molecule has 1 saturated carbocycles. The van der Waals surface area contributed by atoms with Crippen molar-refractivity contribution in [1.29, 1.82) is 0 Å². The molecule has 1 aromatic carbocycles. The maximum Gasteiger partial charge on any atom is 0.217 e. The molecule has 138 valence electrons. The summed E-state index contributed by atoms with van der Waals surface area (Å²) in [6.07, 6.45) is 2.08. The molecule has 2 fully saturated rings. The number of rotatable bonds is 5. The average Bonchev–Trinajstić information content (AvgIpc) is 2.94. The number of amides is 1. The first-order chi connectivity index (χ1) is 12.0. The number of hydrogen-bond donors (Lipinski definition) is 1. The van der Waals surface area contributed by atoms with Crippen molar-refractivity contribution in [2.24, 2.45) is 11.8 Å². The predicted octanol–water partition coefficient (Wildman–Crippen LogP) is 2.71. The molecule has 6 heteroatoms. The van der Waals surface area contributed by atoms with Crippen LogP contribution in [0.2, 0.25) is 5.02 Å². The normalized spacial score (nSPS) is 29.3. The van der Waals surface area contributed by atoms with Gasteiger partial charge in [0.25, 0.3) is 0 Å². The molecule has 1 aromatic rings. The molecule has 25 heavy (non-hydrogen) atoms. The Hall–Kier alpha value is -1.30. The molecule has 1 amide bonds. The van der Waals surface area contributed by atoms with Gasteiger partial charge < -0.3 is 14.8 Å². The monoisotopic (exact) mass is 366 g/mol. The van der Waals surface area contributed by atoms with Crippen LogP contribution in [-0.4, -0.2) is 50.3 Å². The first-order valence-corrected chi connectivity index (χ1v) is 9.22. The summed E-state index contributed by atoms with van der Waals surface area (Å²) in [5.74, 6) is 2.10. The summed E-state index contributed by atoms with van der Waals surface area (Å²) in [6, 6.07) is 5.88. The number of hydrogen-bond acceptors (Lipinski definition) is 4. The first kappa shape index (κ1) is 18.5. The van der Waals surface area contributed by atoms with Crippen molar-refractivity contribution in [3.8, 4) is 5.75 Å². The Labute approximate surface area is 154 Å². The van der Waals surface area contributed by atoms with E-state index in [0.717, 1.165) is 48.8 Å². The Bertz CT molecular complexity index is 625. The van der Waals surface area contributed by atoms with Gasteiger partial charge in [-0.2, -0.15) is 0 Å². The molecule has 0 unspecified atom stereocenters. The van der Waals surface area contributed by atoms with E-state index in [-0.39, 0.29) is 18.1 Å². The van der Waals surface area contributed by atoms with Gasteiger partial charge in [0.1, 0.15) is 5.75 Å². The second kappa shape index (κ2) is 7.94. The number of nitrogens with zero attached hydrogens (tertiary/aromatic N) is 1. The highest BCUT2D eigenvalue weighted by Crippen LogP contribution is 2.38. The van der Waals surface area contributed by atoms with Crippen LogP contribution in [0.4, 0.5) is 0 Å². The van der Waals surface area contributed by atoms with Crippen LogP contribution >= 0.6 is 11.6 Å². The Morgan fingerprint density at radius 1 is 1.28 bits per heavy atom. The van der Waals surface area contributed by atoms with E-state index in [1.165, 1.54) is 0 Å². The summed E-state index contributed by atoms with van der Waals surface area (Å²) >= 11 is 6.16. The number of likely N-dealkylation sites (tertiary alicyclic amines) is 1. The Morgan fingerprint density at radius 2 is 2.00 bits per heavy atom. The largest absolute Gasteiger partial charge is 0.496 e. The van der Waals surface area contributed by atoms with E-state index in [1.54, 1.807) is 21.1 Å². The van der Waals surface area contributed by atoms with E-state index in [1.807, 2.05) is 18.2 Å². The molecule has 1 N–H and O–H groups in total. The molecule has 1 aliphatic carbocycles. The Morgan fingerprint density at radius 3 is 2.64 bits per heavy atom. The number of carbonyl (C=O) groups is 1. The fraction of sp³-hybridized carbons (Fsp3) is 0.632. The van der Waals surface area contributed by atoms with Crippen LogP contribution in [0.3, 0.4) is 0 Å². The molecule has 5 nitrogen and oxygen atoms in total. The summed E-state index contributed by atoms with van der Waals surface area (Å²) in [6.45, 7) is 4.49. The van der Waals surface area contributed by atoms with E-state index in [9.17, 15) is 4.79 Å². The minimum absolute atomic E-state index is 0.0176. The van der Waals surface area contributed by atoms with Crippen molar-refractivity contribution in [2.75, 3.05) is 27.3 Å². The highest BCUT2D eigenvalue weighted by Gasteiger charge is 2.42. The standard InChI is InChI=1S/C19H27ClN2O3/c1-12(23)21-17-7-13-9-22(10-14(13)8-19(17)25-3)11-15-6-16(20)4-5-18(15)24-2/h4-6,13-14,17,19H,7-11H2,1-3H3,(H,21,23)/t13-,14+,17-,19-/m1/s1. The zero-order chi connectivity index (χ0) is 18.0. The maximum atomic E-state index is 11.5. The summed E-state index contributed by atoms with van der Waals surface area (Å²) in [4.78, 5) is 13.9. The molecule has 0 spiro atoms. The van der Waals surface area contributed by atoms with Gasteiger partial charge in [-0.15, -0.1) is 0 Å². The minimum atomic E-state index is 0.0176. The third-order valence-electron chi connectivity index (χ3n) is 5.52. The maximum absolute atomic E-state index is 11.5. The van der Waals surface area contributed by atoms with Crippen LogP contribution in [0.15, 0.2) is 18.2 Å². The molecule has 4 atom stereocenters. The van der Waals surface area contributed by atoms with E-state index < -0.39 is 0 Å². The van der Waals surface area contributed by atoms with Crippen LogP contribution in [-0.2, 0) is 16.1 Å². The minimum Gasteiger partial charge on any atom is -0.496 e. The van der Waals surface area contributed by atoms with Crippen LogP contribution in [0.5, 0.6) is 5.75 Å². The first-order valence-electron chi connectivity index (χ1n) is 8.84. The topological polar surface area (TPSA) is 50.8 Å². The van der Waals surface area contributed by atoms with E-state index in [0.29, 0.717) is 11.8 Å². The van der Waals surface area contributed by atoms with Crippen molar-refractivity contribution < 1.29 is 14.3 Å². The van der Waals surface area contributed by atoms with Crippen LogP contribution in [0.1, 0.15) is 25.3 Å². The fourth-order valence-corrected chi connectivity index (χ4v) is 4.62. The lowest BCUT2D eigenvalue weighted by atomic mass is 9.77. The van der Waals surface area contributed by atoms with E-state index >= 15 is 0 Å². The Balaban J connectivity index is 1.67. The number of benzene rings is 1. The molecular weight excluding hydrogens is 340 g/mol. The van der Waals surface area contributed by atoms with Gasteiger partial charge in [-0.1, -0.05) is 11.6 Å². The Kier molecular flexibility index (Phi) is 5.87. The van der Waals surface area contributed by atoms with Crippen molar-refractivity contribution >= 4 is 17.5 Å². The lowest BCUT2D eigenvalue weighted by Crippen LogP contribution is -2.49. The highest BCUT2D eigenvalue weighted by atomic mass is 35.5. The van der Waals surface area contributed by atoms with Gasteiger partial charge in [0.05, 0.1) is 19.3 Å². The summed E-state index contributed by atoms with van der Waals surface area (Å²) in [5.41, 5.74) is 1.12. The number of ether oxygens (including phenoxy) is 2. The number of halogens is 1. The number of methoxy groups -OCH3 is 2. The van der Waals surface area contributed by atoms with Gasteiger partial charge in [0, 0.05) is 44.3 Å². The van der Waals surface area contributed by atoms with Crippen molar-refractivity contribution in [3.63, 3.8) is 0 Å². The second-order valence-corrected chi connectivity index (χ2v) is 7.66. The van der Waals surface area contributed by atoms with Crippen molar-refractivity contribution in [2.45, 2.75) is 38.5 Å². The smallest absolute Gasteiger partial charge is 0.217 e. The van der Waals surface area contributed by atoms with Crippen molar-refractivity contribution in [1.82, 2.24) is 10.2 Å². The predicted molar refractivity (Wildman–Crippen MR) is 97.9 cm³/mol. The zero-order valence-electron chi connectivity index (χ0n) is 15.1. The van der Waals surface area contributed by atoms with Gasteiger partial charge in [-0.3, -0.25) is 9.69 Å². The molecule has 1 heterocycles. The lowest BCUT2D eigenvalue weighted by molar-refractivity contribution is -0.121. The second-order valence-electron chi connectivity index (χ2n) is 7.22. The van der Waals surface area contributed by atoms with Crippen LogP contribution in [0, 0.1) is 11.8 Å². The quantitative estimate of drug-likeness (QED) is 0.870. The molecule has 0 bridgehead atoms. The SMILES string of the molecule is COc1ccc(Cl)cc1CN1C[C@H]2C[C@@H](NC(C)=O)[C@H](OC)C[C@H]2C1. The van der Waals surface area contributed by atoms with Gasteiger partial charge in [-0.25, -0.2) is 0 Å². The highest BCUT2D eigenvalue weighted by molar-refractivity contribution is 6.30. The van der Waals surface area contributed by atoms with Crippen LogP contribution < -0.4 is 10.1 Å². The number of nitrogens with one attached hydrogen (secondary N) is 1. The van der Waals surface area contributed by atoms with E-state index in [4.69, 9.17) is 21.1 Å². The van der Waals surface area contributed by atoms with Gasteiger partial charge >= 0.3 is 0 Å². The van der Waals surface area contributed by atoms with E-state index in [2.05, 4.69) is 10.2 Å². The molecular formula is C19H27ClN2O3. The molecule has 1 aliphatic heterocycles. The van der Waals surface area contributed by atoms with Gasteiger partial charge in [0.2, 0.25) is 5.91 Å². The van der Waals surface area contributed by atoms with Gasteiger partial charge in [-0.05, 0) is 42.9 Å². The molecule has 0 radical (unpaired) electrons. The summed E-state index contributed by atoms with van der Waals surface area (Å²) < 4.78 is 11.1. The zero-order valence-corrected chi connectivity index (χ0v) is 15.9. The fourth-order valence-electron chi connectivity index (χ4n) is 4.42. The lowest BCUT2D eigenvalue weighted by Gasteiger charge is -2.37. The van der Waals surface area contributed by atoms with Gasteiger partial charge in [0.15, 0.2) is 0 Å². The molecule has 2 aliphatic rings. The number of fused-ring (bicyclic) bond motifs is 1. The number of carbonyl (C=O) groups excluding carboxylic acids is 1. The summed E-state index contributed by atoms with van der Waals surface area (Å²) in [5, 5.41) is 3.80. The summed E-state index contributed by atoms with van der Waals surface area (Å²) in [7, 11) is 3.43. The third kappa shape index (κ3) is 4.27. The molecule has 0 aromatic heterocycles. The van der Waals surface area contributed by atoms with Crippen molar-refractivity contribution in [3.05, 3.63) is 28.8 Å². The molecule has 3 rings (SSSR count). The molecule has 1 saturated heterocycles.